The Morgan fingerprint density at radius 3 is 2.76 bits per heavy atom. The van der Waals surface area contributed by atoms with Crippen LogP contribution in [0, 0.1) is 0 Å². The highest BCUT2D eigenvalue weighted by molar-refractivity contribution is 6.14. The second-order valence-electron chi connectivity index (χ2n) is 7.69. The van der Waals surface area contributed by atoms with Gasteiger partial charge in [-0.15, -0.1) is 0 Å². The summed E-state index contributed by atoms with van der Waals surface area (Å²) in [6, 6.07) is 8.06. The Morgan fingerprint density at radius 1 is 1.15 bits per heavy atom. The van der Waals surface area contributed by atoms with Crippen LogP contribution in [0.2, 0.25) is 0 Å². The van der Waals surface area contributed by atoms with Crippen LogP contribution >= 0.6 is 0 Å². The topological polar surface area (TPSA) is 146 Å². The third-order valence-electron chi connectivity index (χ3n) is 5.30. The first-order valence-corrected chi connectivity index (χ1v) is 10.8. The minimum Gasteiger partial charge on any atom is -0.481 e. The van der Waals surface area contributed by atoms with Crippen molar-refractivity contribution in [1.29, 1.82) is 0 Å². The van der Waals surface area contributed by atoms with E-state index in [2.05, 4.69) is 15.6 Å². The summed E-state index contributed by atoms with van der Waals surface area (Å²) in [7, 11) is 0. The number of pyridine rings is 1. The number of furan rings is 1. The van der Waals surface area contributed by atoms with E-state index in [0.717, 1.165) is 4.90 Å². The first kappa shape index (κ1) is 22.8. The molecule has 1 aliphatic rings. The smallest absolute Gasteiger partial charge is 0.329 e. The second kappa shape index (κ2) is 10.0. The number of fused-ring (bicyclic) bond motifs is 1. The summed E-state index contributed by atoms with van der Waals surface area (Å²) < 4.78 is 6.67. The number of aromatic nitrogens is 2. The lowest BCUT2D eigenvalue weighted by Gasteiger charge is -2.11. The Kier molecular flexibility index (Phi) is 6.72. The van der Waals surface area contributed by atoms with Crippen molar-refractivity contribution in [3.8, 4) is 0 Å². The zero-order valence-electron chi connectivity index (χ0n) is 18.2. The zero-order valence-corrected chi connectivity index (χ0v) is 18.2. The molecule has 0 bridgehead atoms. The third kappa shape index (κ3) is 4.98. The quantitative estimate of drug-likeness (QED) is 0.235. The fraction of sp³-hybridized carbons (Fsp3) is 0.261. The van der Waals surface area contributed by atoms with Crippen molar-refractivity contribution in [1.82, 2.24) is 19.6 Å². The van der Waals surface area contributed by atoms with Crippen LogP contribution in [0.4, 0.5) is 10.6 Å². The molecule has 4 rings (SSSR count). The number of rotatable bonds is 10. The van der Waals surface area contributed by atoms with E-state index in [1.54, 1.807) is 36.5 Å². The van der Waals surface area contributed by atoms with Gasteiger partial charge >= 0.3 is 12.0 Å². The molecule has 1 fully saturated rings. The van der Waals surface area contributed by atoms with Crippen LogP contribution in [0.25, 0.3) is 11.7 Å². The lowest BCUT2D eigenvalue weighted by Crippen LogP contribution is -2.31. The van der Waals surface area contributed by atoms with Gasteiger partial charge in [-0.1, -0.05) is 12.5 Å². The Hall–Kier alpha value is -4.41. The number of carboxylic acid groups (broad SMARTS) is 1. The van der Waals surface area contributed by atoms with Crippen LogP contribution in [0.3, 0.4) is 0 Å². The van der Waals surface area contributed by atoms with Crippen LogP contribution in [-0.2, 0) is 16.1 Å². The van der Waals surface area contributed by atoms with E-state index >= 15 is 0 Å². The van der Waals surface area contributed by atoms with Crippen LogP contribution in [0.1, 0.15) is 37.0 Å². The largest absolute Gasteiger partial charge is 0.481 e. The van der Waals surface area contributed by atoms with Gasteiger partial charge in [0.25, 0.3) is 11.5 Å². The first-order valence-electron chi connectivity index (χ1n) is 10.8. The number of carboxylic acids is 1. The standard InChI is InChI=1S/C23H23N5O6/c29-19(30)9-2-1-4-11-28-22(32)17(25-23(28)33)13-16-20(24-14-15-7-6-12-34-15)26-18-8-3-5-10-27(18)21(16)31/h3,5-8,10,12-13,24H,1-2,4,9,11,14H2,(H,25,33)(H,29,30)/b17-13-. The number of carbonyl (C=O) groups is 3. The van der Waals surface area contributed by atoms with Gasteiger partial charge in [-0.05, 0) is 43.2 Å². The van der Waals surface area contributed by atoms with Crippen molar-refractivity contribution >= 4 is 35.4 Å². The molecule has 0 atom stereocenters. The van der Waals surface area contributed by atoms with E-state index in [1.165, 1.54) is 16.7 Å². The van der Waals surface area contributed by atoms with E-state index in [0.29, 0.717) is 30.7 Å². The van der Waals surface area contributed by atoms with E-state index in [1.807, 2.05) is 0 Å². The maximum absolute atomic E-state index is 13.2. The highest BCUT2D eigenvalue weighted by Crippen LogP contribution is 2.19. The van der Waals surface area contributed by atoms with Crippen LogP contribution < -0.4 is 16.2 Å². The Bertz CT molecular complexity index is 1310. The summed E-state index contributed by atoms with van der Waals surface area (Å²) in [5.41, 5.74) is 0.0872. The summed E-state index contributed by atoms with van der Waals surface area (Å²) in [6.07, 6.45) is 5.98. The second-order valence-corrected chi connectivity index (χ2v) is 7.69. The van der Waals surface area contributed by atoms with Gasteiger partial charge in [-0.25, -0.2) is 9.78 Å². The molecule has 3 aromatic rings. The lowest BCUT2D eigenvalue weighted by atomic mass is 10.2. The third-order valence-corrected chi connectivity index (χ3v) is 5.30. The number of hydrogen-bond donors (Lipinski definition) is 3. The number of nitrogens with one attached hydrogen (secondary N) is 2. The number of nitrogens with zero attached hydrogens (tertiary/aromatic N) is 3. The molecule has 176 valence electrons. The molecular formula is C23H23N5O6. The first-order chi connectivity index (χ1) is 16.4. The molecule has 34 heavy (non-hydrogen) atoms. The van der Waals surface area contributed by atoms with Gasteiger partial charge in [0.05, 0.1) is 18.4 Å². The van der Waals surface area contributed by atoms with Crippen LogP contribution in [-0.4, -0.2) is 43.8 Å². The van der Waals surface area contributed by atoms with Crippen molar-refractivity contribution in [2.45, 2.75) is 32.2 Å². The fourth-order valence-corrected chi connectivity index (χ4v) is 3.59. The maximum Gasteiger partial charge on any atom is 0.329 e. The van der Waals surface area contributed by atoms with Gasteiger partial charge in [0, 0.05) is 19.2 Å². The molecule has 0 aromatic carbocycles. The number of aliphatic carboxylic acids is 1. The summed E-state index contributed by atoms with van der Waals surface area (Å²) in [4.78, 5) is 54.6. The van der Waals surface area contributed by atoms with E-state index in [9.17, 15) is 19.2 Å². The molecule has 0 radical (unpaired) electrons. The van der Waals surface area contributed by atoms with Gasteiger partial charge in [-0.2, -0.15) is 0 Å². The summed E-state index contributed by atoms with van der Waals surface area (Å²) in [5.74, 6) is -0.563. The van der Waals surface area contributed by atoms with Gasteiger partial charge < -0.3 is 20.2 Å². The Morgan fingerprint density at radius 2 is 2.00 bits per heavy atom. The number of urea groups is 1. The molecule has 1 saturated heterocycles. The Labute approximate surface area is 193 Å². The van der Waals surface area contributed by atoms with E-state index in [4.69, 9.17) is 9.52 Å². The molecule has 3 N–H and O–H groups in total. The minimum atomic E-state index is -0.882. The normalized spacial score (nSPS) is 14.7. The molecule has 3 aromatic heterocycles. The predicted molar refractivity (Wildman–Crippen MR) is 122 cm³/mol. The summed E-state index contributed by atoms with van der Waals surface area (Å²) >= 11 is 0. The predicted octanol–water partition coefficient (Wildman–Crippen LogP) is 2.44. The van der Waals surface area contributed by atoms with Crippen molar-refractivity contribution in [3.05, 3.63) is 70.2 Å². The maximum atomic E-state index is 13.2. The van der Waals surface area contributed by atoms with Crippen molar-refractivity contribution in [3.63, 3.8) is 0 Å². The summed E-state index contributed by atoms with van der Waals surface area (Å²) in [6.45, 7) is 0.418. The molecule has 11 heteroatoms. The average Bonchev–Trinajstić information content (AvgIpc) is 3.43. The lowest BCUT2D eigenvalue weighted by molar-refractivity contribution is -0.137. The van der Waals surface area contributed by atoms with Crippen molar-refractivity contribution < 1.29 is 23.9 Å². The zero-order chi connectivity index (χ0) is 24.1. The fourth-order valence-electron chi connectivity index (χ4n) is 3.59. The van der Waals surface area contributed by atoms with E-state index < -0.39 is 23.5 Å². The highest BCUT2D eigenvalue weighted by Gasteiger charge is 2.33. The molecule has 0 aliphatic carbocycles. The number of unbranched alkanes of at least 4 members (excludes halogenated alkanes) is 2. The van der Waals surface area contributed by atoms with Crippen molar-refractivity contribution in [2.24, 2.45) is 0 Å². The van der Waals surface area contributed by atoms with Crippen LogP contribution in [0.5, 0.6) is 0 Å². The monoisotopic (exact) mass is 465 g/mol. The molecule has 0 unspecified atom stereocenters. The summed E-state index contributed by atoms with van der Waals surface area (Å²) in [5, 5.41) is 14.3. The number of amides is 3. The van der Waals surface area contributed by atoms with Gasteiger partial charge in [-0.3, -0.25) is 23.7 Å². The molecule has 3 amide bonds. The molecule has 1 aliphatic heterocycles. The van der Waals surface area contributed by atoms with Crippen LogP contribution in [0.15, 0.2) is 57.7 Å². The number of hydrogen-bond acceptors (Lipinski definition) is 7. The van der Waals surface area contributed by atoms with E-state index in [-0.39, 0.29) is 36.6 Å². The molecular weight excluding hydrogens is 442 g/mol. The van der Waals surface area contributed by atoms with Gasteiger partial charge in [0.2, 0.25) is 0 Å². The Balaban J connectivity index is 1.58. The van der Waals surface area contributed by atoms with Crippen molar-refractivity contribution in [2.75, 3.05) is 11.9 Å². The molecule has 11 nitrogen and oxygen atoms in total. The minimum absolute atomic E-state index is 0.0358. The number of carbonyl (C=O) groups excluding carboxylic acids is 2. The number of anilines is 1. The molecule has 0 spiro atoms. The van der Waals surface area contributed by atoms with Gasteiger partial charge in [0.15, 0.2) is 0 Å². The number of imide groups is 1. The average molecular weight is 465 g/mol. The highest BCUT2D eigenvalue weighted by atomic mass is 16.4. The molecule has 4 heterocycles. The SMILES string of the molecule is O=C(O)CCCCCN1C(=O)N/C(=C\c2c(NCc3ccco3)nc3ccccn3c2=O)C1=O. The van der Waals surface area contributed by atoms with Gasteiger partial charge in [0.1, 0.15) is 22.9 Å². The molecule has 0 saturated carbocycles.